The molecule has 1 atom stereocenters. The molecule has 0 saturated heterocycles. The number of nitrogens with one attached hydrogen (secondary N) is 1. The highest BCUT2D eigenvalue weighted by molar-refractivity contribution is 5.46. The number of aryl methyl sites for hydroxylation is 1. The van der Waals surface area contributed by atoms with Gasteiger partial charge in [-0.3, -0.25) is 0 Å². The number of benzene rings is 1. The minimum Gasteiger partial charge on any atom is -0.467 e. The van der Waals surface area contributed by atoms with Crippen LogP contribution in [0.3, 0.4) is 0 Å². The summed E-state index contributed by atoms with van der Waals surface area (Å²) in [7, 11) is 0. The molecular weight excluding hydrogens is 205 g/mol. The molecule has 2 aromatic rings. The third kappa shape index (κ3) is 2.08. The van der Waals surface area contributed by atoms with Crippen molar-refractivity contribution >= 4 is 5.69 Å². The van der Waals surface area contributed by atoms with E-state index in [1.807, 2.05) is 19.9 Å². The van der Waals surface area contributed by atoms with Crippen LogP contribution < -0.4 is 5.32 Å². The molecule has 1 aromatic carbocycles. The number of halogens is 1. The van der Waals surface area contributed by atoms with E-state index in [1.165, 1.54) is 6.07 Å². The van der Waals surface area contributed by atoms with E-state index in [1.54, 1.807) is 24.5 Å². The van der Waals surface area contributed by atoms with Gasteiger partial charge in [-0.1, -0.05) is 12.1 Å². The Morgan fingerprint density at radius 1 is 1.25 bits per heavy atom. The fourth-order valence-electron chi connectivity index (χ4n) is 1.71. The van der Waals surface area contributed by atoms with Gasteiger partial charge in [0.15, 0.2) is 0 Å². The lowest BCUT2D eigenvalue weighted by molar-refractivity contribution is 0.486. The average molecular weight is 219 g/mol. The van der Waals surface area contributed by atoms with Crippen molar-refractivity contribution in [2.24, 2.45) is 0 Å². The first-order valence-corrected chi connectivity index (χ1v) is 5.23. The first-order valence-electron chi connectivity index (χ1n) is 5.23. The molecule has 84 valence electrons. The molecule has 0 saturated carbocycles. The first-order chi connectivity index (χ1) is 7.68. The van der Waals surface area contributed by atoms with Crippen molar-refractivity contribution in [2.45, 2.75) is 19.9 Å². The SMILES string of the molecule is Cc1ccoc1C(C)Nc1ccccc1F. The maximum Gasteiger partial charge on any atom is 0.146 e. The molecule has 2 nitrogen and oxygen atoms in total. The zero-order valence-corrected chi connectivity index (χ0v) is 9.33. The molecule has 16 heavy (non-hydrogen) atoms. The Bertz CT molecular complexity index is 478. The molecule has 0 bridgehead atoms. The van der Waals surface area contributed by atoms with E-state index in [2.05, 4.69) is 5.32 Å². The van der Waals surface area contributed by atoms with Crippen LogP contribution in [-0.2, 0) is 0 Å². The number of rotatable bonds is 3. The lowest BCUT2D eigenvalue weighted by atomic mass is 10.1. The van der Waals surface area contributed by atoms with Gasteiger partial charge in [-0.25, -0.2) is 4.39 Å². The van der Waals surface area contributed by atoms with Crippen molar-refractivity contribution < 1.29 is 8.81 Å². The summed E-state index contributed by atoms with van der Waals surface area (Å²) in [5, 5.41) is 3.08. The zero-order valence-electron chi connectivity index (χ0n) is 9.33. The molecule has 0 aliphatic rings. The van der Waals surface area contributed by atoms with Crippen LogP contribution in [0.1, 0.15) is 24.3 Å². The van der Waals surface area contributed by atoms with Gasteiger partial charge >= 0.3 is 0 Å². The Hall–Kier alpha value is -1.77. The molecule has 0 aliphatic heterocycles. The highest BCUT2D eigenvalue weighted by Crippen LogP contribution is 2.24. The van der Waals surface area contributed by atoms with Crippen molar-refractivity contribution in [1.29, 1.82) is 0 Å². The van der Waals surface area contributed by atoms with E-state index in [0.29, 0.717) is 5.69 Å². The topological polar surface area (TPSA) is 25.2 Å². The predicted molar refractivity (Wildman–Crippen MR) is 61.9 cm³/mol. The Balaban J connectivity index is 2.17. The van der Waals surface area contributed by atoms with Gasteiger partial charge in [-0.2, -0.15) is 0 Å². The summed E-state index contributed by atoms with van der Waals surface area (Å²) in [4.78, 5) is 0. The van der Waals surface area contributed by atoms with Crippen molar-refractivity contribution in [1.82, 2.24) is 0 Å². The minimum atomic E-state index is -0.251. The molecule has 1 heterocycles. The standard InChI is InChI=1S/C13H14FNO/c1-9-7-8-16-13(9)10(2)15-12-6-4-3-5-11(12)14/h3-8,10,15H,1-2H3. The molecular formula is C13H14FNO. The number of anilines is 1. The molecule has 1 aromatic heterocycles. The van der Waals surface area contributed by atoms with E-state index in [-0.39, 0.29) is 11.9 Å². The second kappa shape index (κ2) is 4.39. The Kier molecular flexibility index (Phi) is 2.95. The highest BCUT2D eigenvalue weighted by atomic mass is 19.1. The molecule has 0 amide bonds. The second-order valence-electron chi connectivity index (χ2n) is 3.81. The summed E-state index contributed by atoms with van der Waals surface area (Å²) in [6, 6.07) is 8.46. The van der Waals surface area contributed by atoms with Crippen LogP contribution in [0.15, 0.2) is 41.0 Å². The molecule has 0 fully saturated rings. The quantitative estimate of drug-likeness (QED) is 0.846. The summed E-state index contributed by atoms with van der Waals surface area (Å²) < 4.78 is 18.8. The number of para-hydroxylation sites is 1. The van der Waals surface area contributed by atoms with Gasteiger partial charge in [0.25, 0.3) is 0 Å². The van der Waals surface area contributed by atoms with Gasteiger partial charge in [0.2, 0.25) is 0 Å². The van der Waals surface area contributed by atoms with Crippen LogP contribution >= 0.6 is 0 Å². The Morgan fingerprint density at radius 3 is 2.62 bits per heavy atom. The minimum absolute atomic E-state index is 0.0492. The van der Waals surface area contributed by atoms with Gasteiger partial charge in [0.1, 0.15) is 11.6 Å². The normalized spacial score (nSPS) is 12.4. The third-order valence-electron chi connectivity index (χ3n) is 2.54. The largest absolute Gasteiger partial charge is 0.467 e. The van der Waals surface area contributed by atoms with Crippen LogP contribution in [0.2, 0.25) is 0 Å². The molecule has 0 spiro atoms. The molecule has 0 radical (unpaired) electrons. The maximum absolute atomic E-state index is 13.4. The first kappa shape index (κ1) is 10.7. The van der Waals surface area contributed by atoms with E-state index in [4.69, 9.17) is 4.42 Å². The Morgan fingerprint density at radius 2 is 2.00 bits per heavy atom. The average Bonchev–Trinajstić information content (AvgIpc) is 2.68. The van der Waals surface area contributed by atoms with Crippen LogP contribution in [0.4, 0.5) is 10.1 Å². The smallest absolute Gasteiger partial charge is 0.146 e. The lowest BCUT2D eigenvalue weighted by Crippen LogP contribution is -2.07. The van der Waals surface area contributed by atoms with Crippen molar-refractivity contribution in [3.8, 4) is 0 Å². The van der Waals surface area contributed by atoms with E-state index in [9.17, 15) is 4.39 Å². The molecule has 1 N–H and O–H groups in total. The lowest BCUT2D eigenvalue weighted by Gasteiger charge is -2.14. The predicted octanol–water partition coefficient (Wildman–Crippen LogP) is 3.90. The maximum atomic E-state index is 13.4. The molecule has 1 unspecified atom stereocenters. The van der Waals surface area contributed by atoms with Gasteiger partial charge in [-0.15, -0.1) is 0 Å². The van der Waals surface area contributed by atoms with Gasteiger partial charge in [0.05, 0.1) is 18.0 Å². The summed E-state index contributed by atoms with van der Waals surface area (Å²) in [5.41, 5.74) is 1.56. The third-order valence-corrected chi connectivity index (χ3v) is 2.54. The monoisotopic (exact) mass is 219 g/mol. The van der Waals surface area contributed by atoms with E-state index >= 15 is 0 Å². The van der Waals surface area contributed by atoms with Crippen LogP contribution in [0, 0.1) is 12.7 Å². The summed E-state index contributed by atoms with van der Waals surface area (Å²) in [5.74, 6) is 0.585. The summed E-state index contributed by atoms with van der Waals surface area (Å²) >= 11 is 0. The van der Waals surface area contributed by atoms with E-state index in [0.717, 1.165) is 11.3 Å². The number of hydrogen-bond acceptors (Lipinski definition) is 2. The molecule has 2 rings (SSSR count). The molecule has 3 heteroatoms. The van der Waals surface area contributed by atoms with Gasteiger partial charge in [-0.05, 0) is 37.6 Å². The van der Waals surface area contributed by atoms with Gasteiger partial charge in [0, 0.05) is 0 Å². The van der Waals surface area contributed by atoms with Crippen molar-refractivity contribution in [3.63, 3.8) is 0 Å². The fourth-order valence-corrected chi connectivity index (χ4v) is 1.71. The zero-order chi connectivity index (χ0) is 11.5. The second-order valence-corrected chi connectivity index (χ2v) is 3.81. The Labute approximate surface area is 94.1 Å². The van der Waals surface area contributed by atoms with E-state index < -0.39 is 0 Å². The fraction of sp³-hybridized carbons (Fsp3) is 0.231. The van der Waals surface area contributed by atoms with Crippen LogP contribution in [0.25, 0.3) is 0 Å². The molecule has 0 aliphatic carbocycles. The number of hydrogen-bond donors (Lipinski definition) is 1. The summed E-state index contributed by atoms with van der Waals surface area (Å²) in [6.45, 7) is 3.91. The van der Waals surface area contributed by atoms with Crippen LogP contribution in [-0.4, -0.2) is 0 Å². The number of furan rings is 1. The highest BCUT2D eigenvalue weighted by Gasteiger charge is 2.12. The van der Waals surface area contributed by atoms with Crippen molar-refractivity contribution in [3.05, 3.63) is 53.7 Å². The van der Waals surface area contributed by atoms with Crippen molar-refractivity contribution in [2.75, 3.05) is 5.32 Å². The van der Waals surface area contributed by atoms with Crippen LogP contribution in [0.5, 0.6) is 0 Å². The summed E-state index contributed by atoms with van der Waals surface area (Å²) in [6.07, 6.45) is 1.64. The van der Waals surface area contributed by atoms with Gasteiger partial charge < -0.3 is 9.73 Å².